The van der Waals surface area contributed by atoms with Crippen molar-refractivity contribution in [3.63, 3.8) is 0 Å². The molecule has 1 aromatic carbocycles. The first-order chi connectivity index (χ1) is 14.1. The summed E-state index contributed by atoms with van der Waals surface area (Å²) in [6.07, 6.45) is 6.93. The number of amides is 1. The molecule has 2 atom stereocenters. The van der Waals surface area contributed by atoms with Crippen LogP contribution < -0.4 is 0 Å². The van der Waals surface area contributed by atoms with Gasteiger partial charge in [0.1, 0.15) is 5.82 Å². The molecule has 4 heterocycles. The average Bonchev–Trinajstić information content (AvgIpc) is 3.34. The van der Waals surface area contributed by atoms with Gasteiger partial charge in [0, 0.05) is 30.2 Å². The number of fused-ring (bicyclic) bond motifs is 3. The van der Waals surface area contributed by atoms with Crippen LogP contribution in [0.2, 0.25) is 5.02 Å². The van der Waals surface area contributed by atoms with Crippen LogP contribution >= 0.6 is 11.6 Å². The standard InChI is InChI=1S/C22H22ClN5O/c1-14-6-8-27(20(29)10-15-3-2-4-16(23)9-15)13-18(14)22-26-12-17-11-25-21-19(28(17)22)5-7-24-21/h2-5,7,9,11-12,14,18,24H,6,8,10,13H2,1H3/t14-,18+/m1/s1. The van der Waals surface area contributed by atoms with Gasteiger partial charge in [-0.1, -0.05) is 30.7 Å². The second-order valence-corrected chi connectivity index (χ2v) is 8.30. The molecule has 6 nitrogen and oxygen atoms in total. The Labute approximate surface area is 173 Å². The summed E-state index contributed by atoms with van der Waals surface area (Å²) in [5, 5.41) is 0.661. The number of aromatic amines is 1. The fourth-order valence-electron chi connectivity index (χ4n) is 4.33. The third kappa shape index (κ3) is 3.27. The Morgan fingerprint density at radius 1 is 1.28 bits per heavy atom. The second kappa shape index (κ2) is 7.19. The maximum Gasteiger partial charge on any atom is 0.227 e. The smallest absolute Gasteiger partial charge is 0.227 e. The van der Waals surface area contributed by atoms with Crippen LogP contribution in [0.25, 0.3) is 16.7 Å². The molecular weight excluding hydrogens is 386 g/mol. The predicted molar refractivity (Wildman–Crippen MR) is 113 cm³/mol. The van der Waals surface area contributed by atoms with Crippen LogP contribution in [-0.4, -0.2) is 43.2 Å². The summed E-state index contributed by atoms with van der Waals surface area (Å²) in [5.41, 5.74) is 3.78. The van der Waals surface area contributed by atoms with Crippen molar-refractivity contribution in [1.82, 2.24) is 24.3 Å². The Hall–Kier alpha value is -2.86. The number of hydrogen-bond acceptors (Lipinski definition) is 3. The quantitative estimate of drug-likeness (QED) is 0.557. The zero-order valence-electron chi connectivity index (χ0n) is 16.2. The normalized spacial score (nSPS) is 19.9. The van der Waals surface area contributed by atoms with E-state index in [1.54, 1.807) is 0 Å². The fraction of sp³-hybridized carbons (Fsp3) is 0.318. The lowest BCUT2D eigenvalue weighted by Crippen LogP contribution is -2.43. The van der Waals surface area contributed by atoms with Gasteiger partial charge in [-0.15, -0.1) is 0 Å². The third-order valence-electron chi connectivity index (χ3n) is 5.97. The van der Waals surface area contributed by atoms with Crippen molar-refractivity contribution in [2.75, 3.05) is 13.1 Å². The summed E-state index contributed by atoms with van der Waals surface area (Å²) in [7, 11) is 0. The number of carbonyl (C=O) groups excluding carboxylic acids is 1. The van der Waals surface area contributed by atoms with Crippen molar-refractivity contribution in [3.05, 3.63) is 65.3 Å². The van der Waals surface area contributed by atoms with Gasteiger partial charge in [0.05, 0.1) is 29.8 Å². The van der Waals surface area contributed by atoms with Crippen LogP contribution in [0.3, 0.4) is 0 Å². The first kappa shape index (κ1) is 18.2. The largest absolute Gasteiger partial charge is 0.345 e. The summed E-state index contributed by atoms with van der Waals surface area (Å²) in [4.78, 5) is 27.3. The molecule has 0 spiro atoms. The molecule has 0 saturated carbocycles. The van der Waals surface area contributed by atoms with Gasteiger partial charge in [0.25, 0.3) is 0 Å². The topological polar surface area (TPSA) is 66.3 Å². The number of rotatable bonds is 3. The first-order valence-corrected chi connectivity index (χ1v) is 10.3. The van der Waals surface area contributed by atoms with E-state index in [4.69, 9.17) is 16.6 Å². The van der Waals surface area contributed by atoms with Crippen LogP contribution in [0.4, 0.5) is 0 Å². The van der Waals surface area contributed by atoms with E-state index in [1.165, 1.54) is 0 Å². The highest BCUT2D eigenvalue weighted by Gasteiger charge is 2.32. The lowest BCUT2D eigenvalue weighted by atomic mass is 9.86. The average molecular weight is 408 g/mol. The van der Waals surface area contributed by atoms with Gasteiger partial charge in [-0.25, -0.2) is 9.97 Å². The number of nitrogens with one attached hydrogen (secondary N) is 1. The van der Waals surface area contributed by atoms with E-state index in [1.807, 2.05) is 53.8 Å². The van der Waals surface area contributed by atoms with E-state index < -0.39 is 0 Å². The number of halogens is 1. The molecule has 1 saturated heterocycles. The van der Waals surface area contributed by atoms with Gasteiger partial charge in [-0.3, -0.25) is 9.20 Å². The summed E-state index contributed by atoms with van der Waals surface area (Å²) in [6, 6.07) is 9.55. The van der Waals surface area contributed by atoms with Crippen molar-refractivity contribution in [3.8, 4) is 0 Å². The molecule has 1 aliphatic heterocycles. The van der Waals surface area contributed by atoms with Crippen molar-refractivity contribution in [2.45, 2.75) is 25.7 Å². The Bertz CT molecular complexity index is 1200. The predicted octanol–water partition coefficient (Wildman–Crippen LogP) is 4.06. The van der Waals surface area contributed by atoms with E-state index in [0.29, 0.717) is 23.9 Å². The molecule has 0 unspecified atom stereocenters. The van der Waals surface area contributed by atoms with Crippen LogP contribution in [0.5, 0.6) is 0 Å². The van der Waals surface area contributed by atoms with Crippen molar-refractivity contribution >= 4 is 34.2 Å². The van der Waals surface area contributed by atoms with Crippen molar-refractivity contribution in [1.29, 1.82) is 0 Å². The minimum Gasteiger partial charge on any atom is -0.345 e. The summed E-state index contributed by atoms with van der Waals surface area (Å²) in [5.74, 6) is 1.76. The number of piperidine rings is 1. The van der Waals surface area contributed by atoms with Gasteiger partial charge in [-0.2, -0.15) is 0 Å². The minimum atomic E-state index is 0.137. The van der Waals surface area contributed by atoms with Crippen LogP contribution in [0.15, 0.2) is 48.9 Å². The van der Waals surface area contributed by atoms with Crippen LogP contribution in [-0.2, 0) is 11.2 Å². The number of H-pyrrole nitrogens is 1. The number of hydrogen-bond donors (Lipinski definition) is 1. The third-order valence-corrected chi connectivity index (χ3v) is 6.21. The van der Waals surface area contributed by atoms with Crippen LogP contribution in [0.1, 0.15) is 30.7 Å². The van der Waals surface area contributed by atoms with Crippen molar-refractivity contribution < 1.29 is 4.79 Å². The van der Waals surface area contributed by atoms with Gasteiger partial charge in [-0.05, 0) is 36.1 Å². The van der Waals surface area contributed by atoms with E-state index in [0.717, 1.165) is 41.0 Å². The molecule has 1 fully saturated rings. The lowest BCUT2D eigenvalue weighted by Gasteiger charge is -2.36. The lowest BCUT2D eigenvalue weighted by molar-refractivity contribution is -0.132. The molecule has 148 valence electrons. The number of imidazole rings is 1. The molecule has 5 rings (SSSR count). The number of likely N-dealkylation sites (tertiary alicyclic amines) is 1. The molecule has 0 bridgehead atoms. The molecule has 1 N–H and O–H groups in total. The molecular formula is C22H22ClN5O. The SMILES string of the molecule is C[C@@H]1CCN(C(=O)Cc2cccc(Cl)c2)C[C@@H]1c1ncc2cnc3[nH]ccc3n12. The van der Waals surface area contributed by atoms with Crippen molar-refractivity contribution in [2.24, 2.45) is 5.92 Å². The van der Waals surface area contributed by atoms with E-state index >= 15 is 0 Å². The van der Waals surface area contributed by atoms with Gasteiger partial charge in [0.15, 0.2) is 5.65 Å². The Morgan fingerprint density at radius 3 is 3.00 bits per heavy atom. The number of aromatic nitrogens is 4. The molecule has 7 heteroatoms. The van der Waals surface area contributed by atoms with Gasteiger partial charge in [0.2, 0.25) is 5.91 Å². The summed E-state index contributed by atoms with van der Waals surface area (Å²) in [6.45, 7) is 3.70. The van der Waals surface area contributed by atoms with E-state index in [-0.39, 0.29) is 11.8 Å². The van der Waals surface area contributed by atoms with Gasteiger partial charge < -0.3 is 9.88 Å². The van der Waals surface area contributed by atoms with E-state index in [9.17, 15) is 4.79 Å². The maximum atomic E-state index is 13.0. The molecule has 4 aromatic rings. The molecule has 3 aromatic heterocycles. The number of nitrogens with zero attached hydrogens (tertiary/aromatic N) is 4. The highest BCUT2D eigenvalue weighted by molar-refractivity contribution is 6.30. The molecule has 0 aliphatic carbocycles. The highest BCUT2D eigenvalue weighted by atomic mass is 35.5. The molecule has 1 aliphatic rings. The zero-order valence-corrected chi connectivity index (χ0v) is 16.9. The molecule has 29 heavy (non-hydrogen) atoms. The molecule has 1 amide bonds. The number of carbonyl (C=O) groups is 1. The molecule has 0 radical (unpaired) electrons. The second-order valence-electron chi connectivity index (χ2n) is 7.87. The van der Waals surface area contributed by atoms with Crippen LogP contribution in [0, 0.1) is 5.92 Å². The fourth-order valence-corrected chi connectivity index (χ4v) is 4.54. The Morgan fingerprint density at radius 2 is 2.14 bits per heavy atom. The minimum absolute atomic E-state index is 0.137. The summed E-state index contributed by atoms with van der Waals surface area (Å²) < 4.78 is 2.17. The van der Waals surface area contributed by atoms with Gasteiger partial charge >= 0.3 is 0 Å². The monoisotopic (exact) mass is 407 g/mol. The number of benzene rings is 1. The maximum absolute atomic E-state index is 13.0. The highest BCUT2D eigenvalue weighted by Crippen LogP contribution is 2.33. The van der Waals surface area contributed by atoms with E-state index in [2.05, 4.69) is 21.3 Å². The zero-order chi connectivity index (χ0) is 20.0. The summed E-state index contributed by atoms with van der Waals surface area (Å²) >= 11 is 6.07. The Balaban J connectivity index is 1.44. The first-order valence-electron chi connectivity index (χ1n) is 9.92. The Kier molecular flexibility index (Phi) is 4.51.